The summed E-state index contributed by atoms with van der Waals surface area (Å²) >= 11 is 0. The lowest BCUT2D eigenvalue weighted by atomic mass is 9.64. The number of nitrogens with zero attached hydrogens (tertiary/aromatic N) is 1. The first-order valence-corrected chi connectivity index (χ1v) is 8.07. The van der Waals surface area contributed by atoms with E-state index in [4.69, 9.17) is 0 Å². The number of piperidine rings is 1. The van der Waals surface area contributed by atoms with Crippen LogP contribution < -0.4 is 0 Å². The molecule has 0 aromatic carbocycles. The average Bonchev–Trinajstić information content (AvgIpc) is 2.68. The minimum absolute atomic E-state index is 0.200. The quantitative estimate of drug-likeness (QED) is 0.739. The van der Waals surface area contributed by atoms with Crippen molar-refractivity contribution in [2.75, 3.05) is 13.1 Å². The molecule has 3 atom stereocenters. The van der Waals surface area contributed by atoms with Gasteiger partial charge in [-0.05, 0) is 37.0 Å². The molecule has 3 nitrogen and oxygen atoms in total. The van der Waals surface area contributed by atoms with Crippen LogP contribution in [0.5, 0.6) is 0 Å². The molecule has 20 heavy (non-hydrogen) atoms. The van der Waals surface area contributed by atoms with Crippen molar-refractivity contribution in [1.82, 2.24) is 4.90 Å². The van der Waals surface area contributed by atoms with Crippen LogP contribution in [0.15, 0.2) is 0 Å². The first-order chi connectivity index (χ1) is 9.24. The molecule has 3 fully saturated rings. The molecule has 3 rings (SSSR count). The zero-order valence-corrected chi connectivity index (χ0v) is 13.3. The maximum absolute atomic E-state index is 13.2. The summed E-state index contributed by atoms with van der Waals surface area (Å²) in [7, 11) is 0. The SMILES string of the molecule is C[C@H]1CCCN(C(=O)[C@@]23CC[C@](C)(C(=O)C2)C3(C)C)C1. The Kier molecular flexibility index (Phi) is 2.88. The summed E-state index contributed by atoms with van der Waals surface area (Å²) in [5.74, 6) is 1.17. The molecule has 3 heteroatoms. The number of carbonyl (C=O) groups excluding carboxylic acids is 2. The highest BCUT2D eigenvalue weighted by Crippen LogP contribution is 2.71. The number of hydrogen-bond donors (Lipinski definition) is 0. The summed E-state index contributed by atoms with van der Waals surface area (Å²) in [5, 5.41) is 0. The predicted octanol–water partition coefficient (Wildman–Crippen LogP) is 3.03. The highest BCUT2D eigenvalue weighted by Gasteiger charge is 2.73. The molecule has 0 radical (unpaired) electrons. The van der Waals surface area contributed by atoms with Crippen molar-refractivity contribution in [2.24, 2.45) is 22.2 Å². The normalized spacial score (nSPS) is 43.1. The van der Waals surface area contributed by atoms with Gasteiger partial charge >= 0.3 is 0 Å². The van der Waals surface area contributed by atoms with Gasteiger partial charge in [-0.2, -0.15) is 0 Å². The second-order valence-corrected chi connectivity index (χ2v) is 8.14. The Morgan fingerprint density at radius 3 is 2.45 bits per heavy atom. The van der Waals surface area contributed by atoms with Crippen molar-refractivity contribution >= 4 is 11.7 Å². The molecule has 2 aliphatic carbocycles. The molecule has 112 valence electrons. The molecule has 1 aliphatic heterocycles. The Hall–Kier alpha value is -0.860. The van der Waals surface area contributed by atoms with Gasteiger partial charge in [0.2, 0.25) is 5.91 Å². The monoisotopic (exact) mass is 277 g/mol. The Morgan fingerprint density at radius 1 is 1.25 bits per heavy atom. The fourth-order valence-corrected chi connectivity index (χ4v) is 5.01. The number of fused-ring (bicyclic) bond motifs is 2. The molecule has 3 aliphatic rings. The van der Waals surface area contributed by atoms with Gasteiger partial charge < -0.3 is 4.90 Å². The smallest absolute Gasteiger partial charge is 0.229 e. The van der Waals surface area contributed by atoms with Gasteiger partial charge in [-0.15, -0.1) is 0 Å². The molecule has 0 spiro atoms. The maximum atomic E-state index is 13.2. The summed E-state index contributed by atoms with van der Waals surface area (Å²) in [6.07, 6.45) is 4.57. The Balaban J connectivity index is 1.93. The molecule has 1 saturated heterocycles. The van der Waals surface area contributed by atoms with E-state index in [9.17, 15) is 9.59 Å². The largest absolute Gasteiger partial charge is 0.342 e. The summed E-state index contributed by atoms with van der Waals surface area (Å²) < 4.78 is 0. The fourth-order valence-electron chi connectivity index (χ4n) is 5.01. The number of rotatable bonds is 1. The van der Waals surface area contributed by atoms with Crippen molar-refractivity contribution < 1.29 is 9.59 Å². The molecule has 0 N–H and O–H groups in total. The van der Waals surface area contributed by atoms with Gasteiger partial charge in [0.1, 0.15) is 5.78 Å². The third-order valence-electron chi connectivity index (χ3n) is 7.06. The van der Waals surface area contributed by atoms with Crippen LogP contribution in [0, 0.1) is 22.2 Å². The molecular formula is C17H27NO2. The van der Waals surface area contributed by atoms with Crippen LogP contribution in [-0.2, 0) is 9.59 Å². The van der Waals surface area contributed by atoms with Crippen LogP contribution in [0.25, 0.3) is 0 Å². The third-order valence-corrected chi connectivity index (χ3v) is 7.06. The number of ketones is 1. The summed E-state index contributed by atoms with van der Waals surface area (Å²) in [4.78, 5) is 27.7. The van der Waals surface area contributed by atoms with Gasteiger partial charge in [-0.25, -0.2) is 0 Å². The van der Waals surface area contributed by atoms with Gasteiger partial charge in [-0.3, -0.25) is 9.59 Å². The maximum Gasteiger partial charge on any atom is 0.229 e. The van der Waals surface area contributed by atoms with Gasteiger partial charge in [0.15, 0.2) is 0 Å². The number of likely N-dealkylation sites (tertiary alicyclic amines) is 1. The number of amides is 1. The molecule has 1 amide bonds. The second kappa shape index (κ2) is 4.08. The van der Waals surface area contributed by atoms with Gasteiger partial charge in [-0.1, -0.05) is 27.7 Å². The first-order valence-electron chi connectivity index (χ1n) is 8.07. The van der Waals surface area contributed by atoms with Crippen LogP contribution in [0.4, 0.5) is 0 Å². The molecule has 2 bridgehead atoms. The van der Waals surface area contributed by atoms with Gasteiger partial charge in [0, 0.05) is 24.9 Å². The van der Waals surface area contributed by atoms with Crippen molar-refractivity contribution in [2.45, 2.75) is 59.8 Å². The second-order valence-electron chi connectivity index (χ2n) is 8.14. The predicted molar refractivity (Wildman–Crippen MR) is 78.2 cm³/mol. The van der Waals surface area contributed by atoms with Crippen molar-refractivity contribution in [3.8, 4) is 0 Å². The van der Waals surface area contributed by atoms with E-state index in [-0.39, 0.29) is 16.7 Å². The van der Waals surface area contributed by atoms with Gasteiger partial charge in [0.05, 0.1) is 5.41 Å². The van der Waals surface area contributed by atoms with Crippen LogP contribution in [0.3, 0.4) is 0 Å². The van der Waals surface area contributed by atoms with Crippen molar-refractivity contribution in [3.63, 3.8) is 0 Å². The first kappa shape index (κ1) is 14.1. The lowest BCUT2D eigenvalue weighted by Crippen LogP contribution is -2.51. The van der Waals surface area contributed by atoms with E-state index < -0.39 is 5.41 Å². The molecule has 2 saturated carbocycles. The van der Waals surface area contributed by atoms with E-state index >= 15 is 0 Å². The third kappa shape index (κ3) is 1.47. The molecule has 1 heterocycles. The number of carbonyl (C=O) groups is 2. The van der Waals surface area contributed by atoms with Crippen LogP contribution >= 0.6 is 0 Å². The van der Waals surface area contributed by atoms with Gasteiger partial charge in [0.25, 0.3) is 0 Å². The van der Waals surface area contributed by atoms with Crippen LogP contribution in [0.1, 0.15) is 59.8 Å². The lowest BCUT2D eigenvalue weighted by Gasteiger charge is -2.43. The van der Waals surface area contributed by atoms with Crippen LogP contribution in [0.2, 0.25) is 0 Å². The number of Topliss-reactive ketones (excluding diaryl/α,β-unsaturated/α-hetero) is 1. The minimum atomic E-state index is -0.421. The Labute approximate surface area is 122 Å². The highest BCUT2D eigenvalue weighted by molar-refractivity contribution is 5.99. The van der Waals surface area contributed by atoms with E-state index in [2.05, 4.69) is 32.6 Å². The average molecular weight is 277 g/mol. The zero-order valence-electron chi connectivity index (χ0n) is 13.3. The Bertz CT molecular complexity index is 470. The van der Waals surface area contributed by atoms with Crippen molar-refractivity contribution in [3.05, 3.63) is 0 Å². The lowest BCUT2D eigenvalue weighted by molar-refractivity contribution is -0.149. The molecule has 0 aromatic rings. The van der Waals surface area contributed by atoms with E-state index in [1.807, 2.05) is 0 Å². The molecule has 0 unspecified atom stereocenters. The zero-order chi connectivity index (χ0) is 14.8. The fraction of sp³-hybridized carbons (Fsp3) is 0.882. The Morgan fingerprint density at radius 2 is 1.95 bits per heavy atom. The highest BCUT2D eigenvalue weighted by atomic mass is 16.2. The topological polar surface area (TPSA) is 37.4 Å². The van der Waals surface area contributed by atoms with E-state index in [1.54, 1.807) is 0 Å². The van der Waals surface area contributed by atoms with Crippen LogP contribution in [-0.4, -0.2) is 29.7 Å². The molecular weight excluding hydrogens is 250 g/mol. The standard InChI is InChI=1S/C17H27NO2/c1-12-6-5-9-18(11-12)14(20)17-8-7-16(4,13(19)10-17)15(17,2)3/h12H,5-11H2,1-4H3/t12-,16+,17+/m0/s1. The van der Waals surface area contributed by atoms with E-state index in [0.717, 1.165) is 32.4 Å². The molecule has 0 aromatic heterocycles. The van der Waals surface area contributed by atoms with Crippen molar-refractivity contribution in [1.29, 1.82) is 0 Å². The van der Waals surface area contributed by atoms with E-state index in [0.29, 0.717) is 18.1 Å². The number of hydrogen-bond acceptors (Lipinski definition) is 2. The van der Waals surface area contributed by atoms with E-state index in [1.165, 1.54) is 6.42 Å². The summed E-state index contributed by atoms with van der Waals surface area (Å²) in [6.45, 7) is 10.4. The summed E-state index contributed by atoms with van der Waals surface area (Å²) in [5.41, 5.74) is -0.908. The minimum Gasteiger partial charge on any atom is -0.342 e. The summed E-state index contributed by atoms with van der Waals surface area (Å²) in [6, 6.07) is 0.